The van der Waals surface area contributed by atoms with Crippen LogP contribution in [0.15, 0.2) is 48.2 Å². The van der Waals surface area contributed by atoms with Crippen molar-refractivity contribution in [3.63, 3.8) is 0 Å². The minimum atomic E-state index is -0.431. The molecule has 2 aromatic rings. The Morgan fingerprint density at radius 1 is 1.12 bits per heavy atom. The van der Waals surface area contributed by atoms with Crippen molar-refractivity contribution in [1.29, 1.82) is 0 Å². The van der Waals surface area contributed by atoms with Crippen molar-refractivity contribution in [1.82, 2.24) is 15.2 Å². The molecular formula is C26H38N4O3. The minimum Gasteiger partial charge on any atom is -0.504 e. The largest absolute Gasteiger partial charge is 0.504 e. The fraction of sp³-hybridized carbons (Fsp3) is 0.423. The number of hydrazine groups is 1. The van der Waals surface area contributed by atoms with Gasteiger partial charge in [0.2, 0.25) is 0 Å². The van der Waals surface area contributed by atoms with Crippen LogP contribution in [0.3, 0.4) is 0 Å². The number of carbonyl (C=O) groups excluding carboxylic acids is 1. The van der Waals surface area contributed by atoms with Gasteiger partial charge in [-0.1, -0.05) is 57.2 Å². The summed E-state index contributed by atoms with van der Waals surface area (Å²) in [6.45, 7) is 11.0. The van der Waals surface area contributed by atoms with E-state index in [-0.39, 0.29) is 11.2 Å². The van der Waals surface area contributed by atoms with Gasteiger partial charge in [-0.2, -0.15) is 0 Å². The Labute approximate surface area is 197 Å². The minimum absolute atomic E-state index is 0.00843. The summed E-state index contributed by atoms with van der Waals surface area (Å²) in [6.07, 6.45) is 1.62. The fourth-order valence-electron chi connectivity index (χ4n) is 3.44. The Bertz CT molecular complexity index is 949. The highest BCUT2D eigenvalue weighted by molar-refractivity contribution is 5.97. The average molecular weight is 455 g/mol. The topological polar surface area (TPSA) is 91.1 Å². The van der Waals surface area contributed by atoms with Crippen molar-refractivity contribution in [2.75, 3.05) is 33.8 Å². The van der Waals surface area contributed by atoms with Crippen molar-refractivity contribution in [3.05, 3.63) is 64.9 Å². The average Bonchev–Trinajstić information content (AvgIpc) is 2.77. The van der Waals surface area contributed by atoms with E-state index >= 15 is 0 Å². The molecule has 180 valence electrons. The molecule has 0 fully saturated rings. The standard InChI is InChI=1S/C26H38N4O3/c1-7-33-23-10-8-9-20(24(23)31)17-22(25(32)28-27)30(6)16-15-29(5)18-19-11-13-21(14-12-19)26(2,3)4/h8-14,17,31H,7,15-16,18,27H2,1-6H3,(H,28,32)/b22-17+. The first-order valence-electron chi connectivity index (χ1n) is 11.2. The molecule has 0 heterocycles. The van der Waals surface area contributed by atoms with Crippen molar-refractivity contribution in [3.8, 4) is 11.5 Å². The van der Waals surface area contributed by atoms with Gasteiger partial charge >= 0.3 is 0 Å². The number of ether oxygens (including phenoxy) is 1. The maximum atomic E-state index is 12.5. The number of phenols is 1. The number of rotatable bonds is 10. The zero-order chi connectivity index (χ0) is 24.6. The van der Waals surface area contributed by atoms with Gasteiger partial charge in [-0.3, -0.25) is 10.2 Å². The molecule has 0 aliphatic heterocycles. The summed E-state index contributed by atoms with van der Waals surface area (Å²) < 4.78 is 5.44. The summed E-state index contributed by atoms with van der Waals surface area (Å²) in [7, 11) is 3.88. The fourth-order valence-corrected chi connectivity index (χ4v) is 3.44. The van der Waals surface area contributed by atoms with E-state index in [4.69, 9.17) is 10.6 Å². The van der Waals surface area contributed by atoms with Crippen molar-refractivity contribution < 1.29 is 14.6 Å². The zero-order valence-corrected chi connectivity index (χ0v) is 20.7. The Morgan fingerprint density at radius 3 is 2.36 bits per heavy atom. The number of benzene rings is 2. The monoisotopic (exact) mass is 454 g/mol. The van der Waals surface area contributed by atoms with E-state index in [1.807, 2.05) is 18.9 Å². The predicted molar refractivity (Wildman–Crippen MR) is 134 cm³/mol. The molecule has 0 atom stereocenters. The van der Waals surface area contributed by atoms with E-state index in [0.717, 1.165) is 13.1 Å². The highest BCUT2D eigenvalue weighted by atomic mass is 16.5. The van der Waals surface area contributed by atoms with Crippen LogP contribution in [0, 0.1) is 0 Å². The summed E-state index contributed by atoms with van der Waals surface area (Å²) in [5.74, 6) is 5.35. The van der Waals surface area contributed by atoms with Gasteiger partial charge in [-0.15, -0.1) is 0 Å². The van der Waals surface area contributed by atoms with Gasteiger partial charge < -0.3 is 19.6 Å². The molecule has 1 amide bonds. The molecule has 0 spiro atoms. The zero-order valence-electron chi connectivity index (χ0n) is 20.7. The number of nitrogens with two attached hydrogens (primary N) is 1. The molecule has 0 radical (unpaired) electrons. The quantitative estimate of drug-likeness (QED) is 0.220. The highest BCUT2D eigenvalue weighted by Crippen LogP contribution is 2.31. The van der Waals surface area contributed by atoms with Crippen molar-refractivity contribution in [2.24, 2.45) is 5.84 Å². The van der Waals surface area contributed by atoms with Crippen LogP contribution in [0.4, 0.5) is 0 Å². The van der Waals surface area contributed by atoms with Crippen LogP contribution in [0.2, 0.25) is 0 Å². The van der Waals surface area contributed by atoms with Crippen LogP contribution in [0.1, 0.15) is 44.4 Å². The number of hydrogen-bond donors (Lipinski definition) is 3. The highest BCUT2D eigenvalue weighted by Gasteiger charge is 2.17. The lowest BCUT2D eigenvalue weighted by Gasteiger charge is -2.25. The van der Waals surface area contributed by atoms with E-state index in [9.17, 15) is 9.90 Å². The van der Waals surface area contributed by atoms with Crippen LogP contribution >= 0.6 is 0 Å². The number of amides is 1. The first-order chi connectivity index (χ1) is 15.6. The molecule has 0 aliphatic rings. The molecule has 0 saturated heterocycles. The number of para-hydroxylation sites is 1. The van der Waals surface area contributed by atoms with Gasteiger partial charge in [-0.05, 0) is 42.7 Å². The van der Waals surface area contributed by atoms with Gasteiger partial charge in [0.1, 0.15) is 5.70 Å². The summed E-state index contributed by atoms with van der Waals surface area (Å²) >= 11 is 0. The van der Waals surface area contributed by atoms with Crippen LogP contribution < -0.4 is 16.0 Å². The first-order valence-corrected chi connectivity index (χ1v) is 11.2. The van der Waals surface area contributed by atoms with Gasteiger partial charge in [0.05, 0.1) is 6.61 Å². The maximum absolute atomic E-state index is 12.5. The van der Waals surface area contributed by atoms with Gasteiger partial charge in [0.25, 0.3) is 5.91 Å². The molecule has 0 saturated carbocycles. The Morgan fingerprint density at radius 2 is 1.79 bits per heavy atom. The number of nitrogens with zero attached hydrogens (tertiary/aromatic N) is 2. The van der Waals surface area contributed by atoms with Crippen molar-refractivity contribution >= 4 is 12.0 Å². The number of hydrogen-bond acceptors (Lipinski definition) is 6. The van der Waals surface area contributed by atoms with Crippen LogP contribution in [-0.2, 0) is 16.8 Å². The van der Waals surface area contributed by atoms with E-state index in [1.54, 1.807) is 24.3 Å². The lowest BCUT2D eigenvalue weighted by Crippen LogP contribution is -2.39. The third-order valence-electron chi connectivity index (χ3n) is 5.49. The Hall–Kier alpha value is -3.03. The lowest BCUT2D eigenvalue weighted by molar-refractivity contribution is -0.118. The Kier molecular flexibility index (Phi) is 9.32. The van der Waals surface area contributed by atoms with E-state index in [1.165, 1.54) is 11.1 Å². The molecule has 4 N–H and O–H groups in total. The summed E-state index contributed by atoms with van der Waals surface area (Å²) in [5.41, 5.74) is 5.72. The molecular weight excluding hydrogens is 416 g/mol. The predicted octanol–water partition coefficient (Wildman–Crippen LogP) is 3.48. The van der Waals surface area contributed by atoms with E-state index in [0.29, 0.717) is 30.2 Å². The second-order valence-corrected chi connectivity index (χ2v) is 9.24. The van der Waals surface area contributed by atoms with Gasteiger partial charge in [0, 0.05) is 32.2 Å². The summed E-state index contributed by atoms with van der Waals surface area (Å²) in [6, 6.07) is 13.9. The number of aromatic hydroxyl groups is 1. The molecule has 0 aliphatic carbocycles. The molecule has 7 nitrogen and oxygen atoms in total. The van der Waals surface area contributed by atoms with Crippen molar-refractivity contribution in [2.45, 2.75) is 39.7 Å². The van der Waals surface area contributed by atoms with Gasteiger partial charge in [0.15, 0.2) is 11.5 Å². The molecule has 0 aromatic heterocycles. The number of phenolic OH excluding ortho intramolecular Hbond substituents is 1. The summed E-state index contributed by atoms with van der Waals surface area (Å²) in [5, 5.41) is 10.5. The SMILES string of the molecule is CCOc1cccc(/C=C(\C(=O)NN)N(C)CCN(C)Cc2ccc(C(C)(C)C)cc2)c1O. The number of carbonyl (C=O) groups is 1. The van der Waals surface area contributed by atoms with Crippen LogP contribution in [0.25, 0.3) is 6.08 Å². The first kappa shape index (κ1) is 26.2. The molecule has 2 rings (SSSR count). The Balaban J connectivity index is 2.08. The maximum Gasteiger partial charge on any atom is 0.281 e. The third kappa shape index (κ3) is 7.51. The smallest absolute Gasteiger partial charge is 0.281 e. The van der Waals surface area contributed by atoms with E-state index in [2.05, 4.69) is 62.4 Å². The van der Waals surface area contributed by atoms with E-state index < -0.39 is 5.91 Å². The molecule has 7 heteroatoms. The number of nitrogens with one attached hydrogen (secondary N) is 1. The van der Waals surface area contributed by atoms with Gasteiger partial charge in [-0.25, -0.2) is 5.84 Å². The summed E-state index contributed by atoms with van der Waals surface area (Å²) in [4.78, 5) is 16.5. The van der Waals surface area contributed by atoms with Crippen LogP contribution in [-0.4, -0.2) is 54.6 Å². The second-order valence-electron chi connectivity index (χ2n) is 9.24. The number of likely N-dealkylation sites (N-methyl/N-ethyl adjacent to an activating group) is 2. The molecule has 2 aromatic carbocycles. The molecule has 33 heavy (non-hydrogen) atoms. The second kappa shape index (κ2) is 11.7. The normalized spacial score (nSPS) is 12.1. The molecule has 0 unspecified atom stereocenters. The third-order valence-corrected chi connectivity index (χ3v) is 5.49. The molecule has 0 bridgehead atoms. The lowest BCUT2D eigenvalue weighted by atomic mass is 9.87. The van der Waals surface area contributed by atoms with Crippen LogP contribution in [0.5, 0.6) is 11.5 Å².